The molecule has 112 valence electrons. The van der Waals surface area contributed by atoms with E-state index in [2.05, 4.69) is 31.5 Å². The maximum absolute atomic E-state index is 12.7. The molecule has 1 aromatic rings. The van der Waals surface area contributed by atoms with Crippen molar-refractivity contribution >= 4 is 39.5 Å². The minimum Gasteiger partial charge on any atom is -0.372 e. The number of imide groups is 1. The summed E-state index contributed by atoms with van der Waals surface area (Å²) in [4.78, 5) is 41.5. The third-order valence-corrected chi connectivity index (χ3v) is 3.66. The van der Waals surface area contributed by atoms with Crippen LogP contribution >= 0.6 is 15.9 Å². The molecule has 8 heteroatoms. The number of piperazine rings is 1. The summed E-state index contributed by atoms with van der Waals surface area (Å²) in [6.07, 6.45) is 2.00. The van der Waals surface area contributed by atoms with E-state index in [0.29, 0.717) is 22.3 Å². The van der Waals surface area contributed by atoms with Crippen molar-refractivity contribution in [1.29, 1.82) is 0 Å². The number of aromatic nitrogens is 1. The molecule has 2 rings (SSSR count). The van der Waals surface area contributed by atoms with E-state index in [1.807, 2.05) is 0 Å². The summed E-state index contributed by atoms with van der Waals surface area (Å²) in [5, 5.41) is 5.08. The topological polar surface area (TPSA) is 91.4 Å². The van der Waals surface area contributed by atoms with Crippen molar-refractivity contribution in [3.63, 3.8) is 0 Å². The highest BCUT2D eigenvalue weighted by molar-refractivity contribution is 9.10. The number of anilines is 1. The molecule has 1 atom stereocenters. The number of carbonyl (C=O) groups is 3. The Morgan fingerprint density at radius 3 is 2.90 bits per heavy atom. The molecule has 1 fully saturated rings. The van der Waals surface area contributed by atoms with Gasteiger partial charge in [-0.2, -0.15) is 0 Å². The van der Waals surface area contributed by atoms with Crippen molar-refractivity contribution in [3.05, 3.63) is 22.3 Å². The van der Waals surface area contributed by atoms with E-state index >= 15 is 0 Å². The third-order valence-electron chi connectivity index (χ3n) is 3.22. The number of carbonyl (C=O) groups excluding carboxylic acids is 3. The van der Waals surface area contributed by atoms with Crippen LogP contribution in [0.4, 0.5) is 5.82 Å². The van der Waals surface area contributed by atoms with Gasteiger partial charge in [-0.3, -0.25) is 19.7 Å². The number of amides is 3. The third kappa shape index (κ3) is 3.05. The normalized spacial score (nSPS) is 18.4. The van der Waals surface area contributed by atoms with E-state index in [-0.39, 0.29) is 6.54 Å². The molecule has 0 spiro atoms. The van der Waals surface area contributed by atoms with Gasteiger partial charge < -0.3 is 10.2 Å². The van der Waals surface area contributed by atoms with Crippen molar-refractivity contribution in [2.75, 3.05) is 18.9 Å². The number of hydrogen-bond donors (Lipinski definition) is 2. The molecule has 1 saturated heterocycles. The molecule has 0 saturated carbocycles. The molecular weight excluding hydrogens is 340 g/mol. The molecule has 1 aliphatic rings. The minimum atomic E-state index is -0.654. The monoisotopic (exact) mass is 354 g/mol. The molecule has 0 bridgehead atoms. The molecule has 0 aliphatic carbocycles. The van der Waals surface area contributed by atoms with Crippen molar-refractivity contribution in [2.24, 2.45) is 0 Å². The first-order valence-electron chi connectivity index (χ1n) is 6.45. The van der Waals surface area contributed by atoms with Crippen LogP contribution in [-0.2, 0) is 9.59 Å². The highest BCUT2D eigenvalue weighted by Crippen LogP contribution is 2.22. The van der Waals surface area contributed by atoms with Gasteiger partial charge in [-0.15, -0.1) is 0 Å². The molecule has 2 heterocycles. The van der Waals surface area contributed by atoms with Crippen LogP contribution in [0.1, 0.15) is 23.7 Å². The summed E-state index contributed by atoms with van der Waals surface area (Å²) in [5.74, 6) is -0.928. The van der Waals surface area contributed by atoms with Crippen LogP contribution in [0.15, 0.2) is 16.7 Å². The molecule has 1 aromatic heterocycles. The first kappa shape index (κ1) is 15.4. The van der Waals surface area contributed by atoms with E-state index < -0.39 is 23.8 Å². The van der Waals surface area contributed by atoms with Crippen molar-refractivity contribution < 1.29 is 14.4 Å². The Bertz CT molecular complexity index is 605. The zero-order valence-corrected chi connectivity index (χ0v) is 13.2. The van der Waals surface area contributed by atoms with Gasteiger partial charge in [0, 0.05) is 17.7 Å². The van der Waals surface area contributed by atoms with Crippen LogP contribution in [0.2, 0.25) is 0 Å². The van der Waals surface area contributed by atoms with Crippen molar-refractivity contribution in [1.82, 2.24) is 15.2 Å². The lowest BCUT2D eigenvalue weighted by atomic mass is 10.1. The predicted octanol–water partition coefficient (Wildman–Crippen LogP) is 0.763. The lowest BCUT2D eigenvalue weighted by molar-refractivity contribution is -0.138. The minimum absolute atomic E-state index is 0.140. The van der Waals surface area contributed by atoms with Gasteiger partial charge in [0.2, 0.25) is 11.8 Å². The molecule has 0 radical (unpaired) electrons. The number of nitrogens with one attached hydrogen (secondary N) is 2. The largest absolute Gasteiger partial charge is 0.372 e. The average molecular weight is 355 g/mol. The second kappa shape index (κ2) is 6.21. The van der Waals surface area contributed by atoms with Crippen LogP contribution in [0.25, 0.3) is 0 Å². The fourth-order valence-electron chi connectivity index (χ4n) is 2.24. The SMILES string of the molecule is CCC1C(=O)NC(=O)CN1C(=O)c1cc(Br)cnc1NC. The lowest BCUT2D eigenvalue weighted by Crippen LogP contribution is -2.59. The van der Waals surface area contributed by atoms with Crippen LogP contribution < -0.4 is 10.6 Å². The summed E-state index contributed by atoms with van der Waals surface area (Å²) in [5.41, 5.74) is 0.313. The zero-order valence-electron chi connectivity index (χ0n) is 11.6. The smallest absolute Gasteiger partial charge is 0.258 e. The number of nitrogens with zero attached hydrogens (tertiary/aromatic N) is 2. The summed E-state index contributed by atoms with van der Waals surface area (Å²) in [7, 11) is 1.65. The van der Waals surface area contributed by atoms with E-state index in [1.165, 1.54) is 4.90 Å². The molecule has 0 aromatic carbocycles. The Balaban J connectivity index is 2.39. The highest BCUT2D eigenvalue weighted by Gasteiger charge is 2.36. The molecule has 1 unspecified atom stereocenters. The Morgan fingerprint density at radius 1 is 1.57 bits per heavy atom. The first-order valence-corrected chi connectivity index (χ1v) is 7.25. The van der Waals surface area contributed by atoms with Gasteiger partial charge in [-0.1, -0.05) is 6.92 Å². The van der Waals surface area contributed by atoms with Crippen LogP contribution in [-0.4, -0.2) is 47.2 Å². The summed E-state index contributed by atoms with van der Waals surface area (Å²) in [6, 6.07) is 0.962. The van der Waals surface area contributed by atoms with Gasteiger partial charge in [-0.05, 0) is 28.4 Å². The van der Waals surface area contributed by atoms with Crippen LogP contribution in [0.3, 0.4) is 0 Å². The molecule has 3 amide bonds. The summed E-state index contributed by atoms with van der Waals surface area (Å²) >= 11 is 3.27. The fourth-order valence-corrected chi connectivity index (χ4v) is 2.57. The van der Waals surface area contributed by atoms with Gasteiger partial charge in [0.1, 0.15) is 18.4 Å². The van der Waals surface area contributed by atoms with E-state index in [9.17, 15) is 14.4 Å². The predicted molar refractivity (Wildman–Crippen MR) is 79.7 cm³/mol. The van der Waals surface area contributed by atoms with E-state index in [0.717, 1.165) is 0 Å². The van der Waals surface area contributed by atoms with Gasteiger partial charge in [-0.25, -0.2) is 4.98 Å². The van der Waals surface area contributed by atoms with Gasteiger partial charge >= 0.3 is 0 Å². The number of rotatable bonds is 3. The second-order valence-corrected chi connectivity index (χ2v) is 5.48. The Labute approximate surface area is 130 Å². The Morgan fingerprint density at radius 2 is 2.29 bits per heavy atom. The fraction of sp³-hybridized carbons (Fsp3) is 0.385. The lowest BCUT2D eigenvalue weighted by Gasteiger charge is -2.33. The van der Waals surface area contributed by atoms with Gasteiger partial charge in [0.05, 0.1) is 5.56 Å². The standard InChI is InChI=1S/C13H15BrN4O3/c1-3-9-12(20)17-10(19)6-18(9)13(21)8-4-7(14)5-16-11(8)15-2/h4-5,9H,3,6H2,1-2H3,(H,15,16)(H,17,19,20). The summed E-state index contributed by atoms with van der Waals surface area (Å²) < 4.78 is 0.644. The van der Waals surface area contributed by atoms with Crippen molar-refractivity contribution in [2.45, 2.75) is 19.4 Å². The molecule has 21 heavy (non-hydrogen) atoms. The Kier molecular flexibility index (Phi) is 4.56. The zero-order chi connectivity index (χ0) is 15.6. The number of pyridine rings is 1. The molecule has 7 nitrogen and oxygen atoms in total. The van der Waals surface area contributed by atoms with E-state index in [4.69, 9.17) is 0 Å². The maximum atomic E-state index is 12.7. The molecule has 1 aliphatic heterocycles. The van der Waals surface area contributed by atoms with Gasteiger partial charge in [0.25, 0.3) is 5.91 Å². The number of halogens is 1. The first-order chi connectivity index (χ1) is 9.97. The maximum Gasteiger partial charge on any atom is 0.258 e. The Hall–Kier alpha value is -1.96. The number of hydrogen-bond acceptors (Lipinski definition) is 5. The molecular formula is C13H15BrN4O3. The van der Waals surface area contributed by atoms with Crippen LogP contribution in [0, 0.1) is 0 Å². The van der Waals surface area contributed by atoms with Crippen molar-refractivity contribution in [3.8, 4) is 0 Å². The highest BCUT2D eigenvalue weighted by atomic mass is 79.9. The molecule has 2 N–H and O–H groups in total. The summed E-state index contributed by atoms with van der Waals surface area (Å²) in [6.45, 7) is 1.65. The average Bonchev–Trinajstić information content (AvgIpc) is 2.45. The second-order valence-electron chi connectivity index (χ2n) is 4.57. The van der Waals surface area contributed by atoms with E-state index in [1.54, 1.807) is 26.2 Å². The van der Waals surface area contributed by atoms with Crippen LogP contribution in [0.5, 0.6) is 0 Å². The van der Waals surface area contributed by atoms with Gasteiger partial charge in [0.15, 0.2) is 0 Å². The quantitative estimate of drug-likeness (QED) is 0.782.